The molecule has 1 aromatic heterocycles. The van der Waals surface area contributed by atoms with E-state index in [4.69, 9.17) is 0 Å². The van der Waals surface area contributed by atoms with E-state index >= 15 is 0 Å². The molecule has 0 N–H and O–H groups in total. The summed E-state index contributed by atoms with van der Waals surface area (Å²) in [4.78, 5) is 41.5. The van der Waals surface area contributed by atoms with E-state index in [-0.39, 0.29) is 29.2 Å². The number of fused-ring (bicyclic) bond motifs is 1. The highest BCUT2D eigenvalue weighted by atomic mass is 32.2. The average molecular weight is 418 g/mol. The van der Waals surface area contributed by atoms with E-state index in [0.717, 1.165) is 9.78 Å². The van der Waals surface area contributed by atoms with Gasteiger partial charge in [0.25, 0.3) is 11.8 Å². The molecule has 1 saturated heterocycles. The summed E-state index contributed by atoms with van der Waals surface area (Å²) in [5, 5.41) is 1.88. The van der Waals surface area contributed by atoms with Gasteiger partial charge in [0.1, 0.15) is 6.54 Å². The van der Waals surface area contributed by atoms with Crippen molar-refractivity contribution in [1.82, 2.24) is 9.80 Å². The number of carbonyl (C=O) groups excluding carboxylic acids is 3. The zero-order valence-corrected chi connectivity index (χ0v) is 16.5. The first-order valence-corrected chi connectivity index (χ1v) is 11.5. The molecule has 1 atom stereocenters. The van der Waals surface area contributed by atoms with Crippen molar-refractivity contribution in [3.05, 3.63) is 57.8 Å². The number of hydrogen-bond acceptors (Lipinski definition) is 6. The Labute approximate surface area is 166 Å². The maximum atomic E-state index is 13.1. The predicted molar refractivity (Wildman–Crippen MR) is 104 cm³/mol. The molecule has 1 fully saturated rings. The van der Waals surface area contributed by atoms with Gasteiger partial charge >= 0.3 is 0 Å². The number of hydrogen-bond donors (Lipinski definition) is 0. The summed E-state index contributed by atoms with van der Waals surface area (Å²) in [5.74, 6) is -1.47. The Kier molecular flexibility index (Phi) is 4.80. The molecule has 2 aromatic rings. The fourth-order valence-electron chi connectivity index (χ4n) is 3.62. The second-order valence-corrected chi connectivity index (χ2v) is 10.2. The lowest BCUT2D eigenvalue weighted by Gasteiger charge is -2.29. The number of carbonyl (C=O) groups is 3. The molecule has 1 aromatic carbocycles. The molecule has 9 heteroatoms. The van der Waals surface area contributed by atoms with E-state index < -0.39 is 40.1 Å². The SMILES string of the molecule is O=C1c2ccccc2C(=O)N1CC(=O)N(Cc1cccs1)[C@@H]1CCS(=O)(=O)C1. The summed E-state index contributed by atoms with van der Waals surface area (Å²) in [5.41, 5.74) is 0.571. The molecule has 2 aliphatic rings. The van der Waals surface area contributed by atoms with Gasteiger partial charge in [-0.1, -0.05) is 18.2 Å². The van der Waals surface area contributed by atoms with Crippen LogP contribution in [0.4, 0.5) is 0 Å². The third-order valence-corrected chi connectivity index (χ3v) is 7.66. The standard InChI is InChI=1S/C19H18N2O5S2/c22-17(11-21-18(23)15-5-1-2-6-16(15)19(21)24)20(10-14-4-3-8-27-14)13-7-9-28(25,26)12-13/h1-6,8,13H,7,9-12H2/t13-/m1/s1. The van der Waals surface area contributed by atoms with Crippen LogP contribution in [0.25, 0.3) is 0 Å². The largest absolute Gasteiger partial charge is 0.332 e. The van der Waals surface area contributed by atoms with Crippen LogP contribution in [0.1, 0.15) is 32.0 Å². The van der Waals surface area contributed by atoms with Gasteiger partial charge in [-0.2, -0.15) is 0 Å². The fourth-order valence-corrected chi connectivity index (χ4v) is 6.05. The molecule has 0 aliphatic carbocycles. The smallest absolute Gasteiger partial charge is 0.262 e. The van der Waals surface area contributed by atoms with Gasteiger partial charge < -0.3 is 4.90 Å². The Morgan fingerprint density at radius 1 is 1.11 bits per heavy atom. The first kappa shape index (κ1) is 18.8. The highest BCUT2D eigenvalue weighted by molar-refractivity contribution is 7.91. The number of nitrogens with zero attached hydrogens (tertiary/aromatic N) is 2. The second-order valence-electron chi connectivity index (χ2n) is 6.90. The number of imide groups is 1. The van der Waals surface area contributed by atoms with Gasteiger partial charge in [-0.25, -0.2) is 8.42 Å². The van der Waals surface area contributed by atoms with Gasteiger partial charge in [0, 0.05) is 10.9 Å². The zero-order valence-electron chi connectivity index (χ0n) is 14.9. The third kappa shape index (κ3) is 3.47. The van der Waals surface area contributed by atoms with Crippen molar-refractivity contribution in [3.8, 4) is 0 Å². The van der Waals surface area contributed by atoms with Gasteiger partial charge in [-0.3, -0.25) is 19.3 Å². The van der Waals surface area contributed by atoms with Crippen molar-refractivity contribution in [2.24, 2.45) is 0 Å². The molecule has 3 amide bonds. The summed E-state index contributed by atoms with van der Waals surface area (Å²) in [6.07, 6.45) is 0.363. The number of amides is 3. The lowest BCUT2D eigenvalue weighted by atomic mass is 10.1. The molecule has 0 unspecified atom stereocenters. The highest BCUT2D eigenvalue weighted by Gasteiger charge is 2.40. The third-order valence-electron chi connectivity index (χ3n) is 5.05. The molecular formula is C19H18N2O5S2. The highest BCUT2D eigenvalue weighted by Crippen LogP contribution is 2.25. The monoisotopic (exact) mass is 418 g/mol. The summed E-state index contributed by atoms with van der Waals surface area (Å²) >= 11 is 1.47. The Hall–Kier alpha value is -2.52. The molecule has 0 saturated carbocycles. The van der Waals surface area contributed by atoms with Crippen LogP contribution in [0.3, 0.4) is 0 Å². The van der Waals surface area contributed by atoms with E-state index in [1.165, 1.54) is 16.2 Å². The zero-order chi connectivity index (χ0) is 19.9. The van der Waals surface area contributed by atoms with E-state index in [1.807, 2.05) is 17.5 Å². The van der Waals surface area contributed by atoms with Crippen LogP contribution < -0.4 is 0 Å². The number of sulfone groups is 1. The normalized spacial score (nSPS) is 20.4. The molecule has 7 nitrogen and oxygen atoms in total. The van der Waals surface area contributed by atoms with E-state index in [9.17, 15) is 22.8 Å². The first-order valence-electron chi connectivity index (χ1n) is 8.83. The van der Waals surface area contributed by atoms with Crippen LogP contribution in [-0.2, 0) is 21.2 Å². The van der Waals surface area contributed by atoms with Crippen molar-refractivity contribution < 1.29 is 22.8 Å². The van der Waals surface area contributed by atoms with Crippen molar-refractivity contribution in [1.29, 1.82) is 0 Å². The van der Waals surface area contributed by atoms with Crippen LogP contribution in [-0.4, -0.2) is 60.0 Å². The Bertz CT molecular complexity index is 1010. The van der Waals surface area contributed by atoms with Crippen molar-refractivity contribution >= 4 is 38.9 Å². The molecule has 0 bridgehead atoms. The van der Waals surface area contributed by atoms with Crippen molar-refractivity contribution in [2.75, 3.05) is 18.1 Å². The summed E-state index contributed by atoms with van der Waals surface area (Å²) < 4.78 is 23.8. The van der Waals surface area contributed by atoms with Crippen LogP contribution in [0.5, 0.6) is 0 Å². The van der Waals surface area contributed by atoms with Crippen LogP contribution in [0.2, 0.25) is 0 Å². The second kappa shape index (κ2) is 7.14. The Balaban J connectivity index is 1.56. The summed E-state index contributed by atoms with van der Waals surface area (Å²) in [7, 11) is -3.18. The van der Waals surface area contributed by atoms with E-state index in [1.54, 1.807) is 24.3 Å². The maximum absolute atomic E-state index is 13.1. The Morgan fingerprint density at radius 2 is 1.79 bits per heavy atom. The molecule has 3 heterocycles. The van der Waals surface area contributed by atoms with E-state index in [0.29, 0.717) is 6.42 Å². The predicted octanol–water partition coefficient (Wildman–Crippen LogP) is 1.56. The van der Waals surface area contributed by atoms with Gasteiger partial charge in [0.15, 0.2) is 9.84 Å². The summed E-state index contributed by atoms with van der Waals surface area (Å²) in [6.45, 7) is -0.131. The minimum atomic E-state index is -3.18. The molecule has 2 aliphatic heterocycles. The minimum Gasteiger partial charge on any atom is -0.332 e. The van der Waals surface area contributed by atoms with Crippen molar-refractivity contribution in [3.63, 3.8) is 0 Å². The lowest BCUT2D eigenvalue weighted by Crippen LogP contribution is -2.47. The molecule has 146 valence electrons. The van der Waals surface area contributed by atoms with Gasteiger partial charge in [-0.15, -0.1) is 11.3 Å². The van der Waals surface area contributed by atoms with Crippen molar-refractivity contribution in [2.45, 2.75) is 19.0 Å². The lowest BCUT2D eigenvalue weighted by molar-refractivity contribution is -0.134. The average Bonchev–Trinajstić information content (AvgIpc) is 3.36. The molecular weight excluding hydrogens is 400 g/mol. The van der Waals surface area contributed by atoms with Gasteiger partial charge in [0.05, 0.1) is 29.2 Å². The maximum Gasteiger partial charge on any atom is 0.262 e. The molecule has 0 spiro atoms. The van der Waals surface area contributed by atoms with Gasteiger partial charge in [-0.05, 0) is 30.0 Å². The quantitative estimate of drug-likeness (QED) is 0.687. The van der Waals surface area contributed by atoms with E-state index in [2.05, 4.69) is 0 Å². The van der Waals surface area contributed by atoms with Crippen LogP contribution in [0.15, 0.2) is 41.8 Å². The first-order chi connectivity index (χ1) is 13.4. The topological polar surface area (TPSA) is 91.8 Å². The number of rotatable bonds is 5. The number of thiophene rings is 1. The van der Waals surface area contributed by atoms with Crippen LogP contribution >= 0.6 is 11.3 Å². The fraction of sp³-hybridized carbons (Fsp3) is 0.316. The molecule has 4 rings (SSSR count). The minimum absolute atomic E-state index is 0.0406. The van der Waals surface area contributed by atoms with Gasteiger partial charge in [0.2, 0.25) is 5.91 Å². The Morgan fingerprint density at radius 3 is 2.32 bits per heavy atom. The molecule has 28 heavy (non-hydrogen) atoms. The molecule has 0 radical (unpaired) electrons. The number of benzene rings is 1. The van der Waals surface area contributed by atoms with Crippen LogP contribution in [0, 0.1) is 0 Å². The summed E-state index contributed by atoms with van der Waals surface area (Å²) in [6, 6.07) is 9.74.